The highest BCUT2D eigenvalue weighted by Gasteiger charge is 2.22. The predicted octanol–water partition coefficient (Wildman–Crippen LogP) is 4.95. The Hall–Kier alpha value is -2.90. The molecule has 0 unspecified atom stereocenters. The molecule has 0 aliphatic heterocycles. The van der Waals surface area contributed by atoms with Gasteiger partial charge in [0.1, 0.15) is 12.2 Å². The average molecular weight is 457 g/mol. The van der Waals surface area contributed by atoms with E-state index in [2.05, 4.69) is 15.6 Å². The smallest absolute Gasteiger partial charge is 0.274 e. The highest BCUT2D eigenvalue weighted by atomic mass is 35.5. The molecule has 0 aliphatic rings. The number of para-hydroxylation sites is 1. The van der Waals surface area contributed by atoms with Crippen LogP contribution in [0.15, 0.2) is 60.0 Å². The van der Waals surface area contributed by atoms with Crippen molar-refractivity contribution >= 4 is 45.6 Å². The first-order chi connectivity index (χ1) is 14.9. The molecule has 0 atom stereocenters. The number of hydrogen-bond acceptors (Lipinski definition) is 5. The van der Waals surface area contributed by atoms with Gasteiger partial charge in [-0.25, -0.2) is 4.98 Å². The summed E-state index contributed by atoms with van der Waals surface area (Å²) in [4.78, 5) is 31.5. The summed E-state index contributed by atoms with van der Waals surface area (Å²) in [5.41, 5.74) is 1.94. The normalized spacial score (nSPS) is 10.7. The maximum atomic E-state index is 13.2. The fourth-order valence-electron chi connectivity index (χ4n) is 2.82. The second-order valence-corrected chi connectivity index (χ2v) is 8.75. The van der Waals surface area contributed by atoms with Gasteiger partial charge in [0.05, 0.1) is 10.7 Å². The summed E-state index contributed by atoms with van der Waals surface area (Å²) in [5, 5.41) is 8.82. The number of nitrogens with zero attached hydrogens (tertiary/aromatic N) is 2. The third kappa shape index (κ3) is 6.80. The number of hydrogen-bond donors (Lipinski definition) is 2. The number of aromatic nitrogens is 1. The van der Waals surface area contributed by atoms with Crippen molar-refractivity contribution in [3.8, 4) is 0 Å². The second kappa shape index (κ2) is 10.9. The molecule has 0 bridgehead atoms. The summed E-state index contributed by atoms with van der Waals surface area (Å²) >= 11 is 7.50. The zero-order valence-electron chi connectivity index (χ0n) is 17.5. The Kier molecular flexibility index (Phi) is 8.03. The summed E-state index contributed by atoms with van der Waals surface area (Å²) in [6.45, 7) is 4.89. The molecule has 0 aliphatic carbocycles. The van der Waals surface area contributed by atoms with Crippen LogP contribution in [-0.2, 0) is 11.3 Å². The van der Waals surface area contributed by atoms with Crippen molar-refractivity contribution in [2.45, 2.75) is 20.4 Å². The number of anilines is 2. The highest BCUT2D eigenvalue weighted by molar-refractivity contribution is 7.14. The Morgan fingerprint density at radius 2 is 1.81 bits per heavy atom. The molecule has 0 saturated carbocycles. The number of rotatable bonds is 9. The minimum absolute atomic E-state index is 0.0365. The van der Waals surface area contributed by atoms with Gasteiger partial charge in [0.2, 0.25) is 5.91 Å². The van der Waals surface area contributed by atoms with Crippen LogP contribution in [0.1, 0.15) is 29.9 Å². The Bertz CT molecular complexity index is 1020. The zero-order chi connectivity index (χ0) is 22.2. The minimum Gasteiger partial charge on any atom is -0.354 e. The van der Waals surface area contributed by atoms with Crippen LogP contribution in [0.2, 0.25) is 5.02 Å². The monoisotopic (exact) mass is 456 g/mol. The van der Waals surface area contributed by atoms with Gasteiger partial charge >= 0.3 is 0 Å². The van der Waals surface area contributed by atoms with Crippen LogP contribution >= 0.6 is 22.9 Å². The third-order valence-electron chi connectivity index (χ3n) is 4.38. The van der Waals surface area contributed by atoms with Crippen molar-refractivity contribution in [3.63, 3.8) is 0 Å². The summed E-state index contributed by atoms with van der Waals surface area (Å²) in [5.74, 6) is -0.158. The topological polar surface area (TPSA) is 74.3 Å². The summed E-state index contributed by atoms with van der Waals surface area (Å²) in [7, 11) is 0. The van der Waals surface area contributed by atoms with E-state index >= 15 is 0 Å². The first kappa shape index (κ1) is 22.8. The lowest BCUT2D eigenvalue weighted by Crippen LogP contribution is -2.41. The van der Waals surface area contributed by atoms with Gasteiger partial charge in [-0.15, -0.1) is 11.3 Å². The van der Waals surface area contributed by atoms with Gasteiger partial charge in [0, 0.05) is 18.5 Å². The highest BCUT2D eigenvalue weighted by Crippen LogP contribution is 2.27. The van der Waals surface area contributed by atoms with E-state index in [9.17, 15) is 9.59 Å². The summed E-state index contributed by atoms with van der Waals surface area (Å²) in [6, 6.07) is 16.9. The molecule has 8 heteroatoms. The van der Waals surface area contributed by atoms with Crippen molar-refractivity contribution in [1.82, 2.24) is 15.2 Å². The second-order valence-electron chi connectivity index (χ2n) is 7.49. The minimum atomic E-state index is -0.299. The van der Waals surface area contributed by atoms with Crippen molar-refractivity contribution < 1.29 is 9.59 Å². The Balaban J connectivity index is 1.75. The van der Waals surface area contributed by atoms with Crippen LogP contribution in [0.3, 0.4) is 0 Å². The number of benzene rings is 2. The van der Waals surface area contributed by atoms with Gasteiger partial charge in [-0.2, -0.15) is 0 Å². The van der Waals surface area contributed by atoms with E-state index in [1.165, 1.54) is 16.2 Å². The standard InChI is InChI=1S/C23H25ClN4O2S/c1-16(2)12-25-21(29)14-28(13-17-8-4-3-5-9-17)22(30)20-15-31-23(27-20)26-19-11-7-6-10-18(19)24/h3-11,15-16H,12-14H2,1-2H3,(H,25,29)(H,26,27). The fraction of sp³-hybridized carbons (Fsp3) is 0.261. The van der Waals surface area contributed by atoms with Crippen LogP contribution in [0.4, 0.5) is 10.8 Å². The van der Waals surface area contributed by atoms with E-state index in [4.69, 9.17) is 11.6 Å². The Morgan fingerprint density at radius 3 is 2.52 bits per heavy atom. The van der Waals surface area contributed by atoms with Crippen molar-refractivity contribution in [2.75, 3.05) is 18.4 Å². The first-order valence-electron chi connectivity index (χ1n) is 9.99. The van der Waals surface area contributed by atoms with E-state index < -0.39 is 0 Å². The lowest BCUT2D eigenvalue weighted by Gasteiger charge is -2.22. The quantitative estimate of drug-likeness (QED) is 0.477. The lowest BCUT2D eigenvalue weighted by molar-refractivity contribution is -0.122. The number of amides is 2. The molecule has 2 aromatic carbocycles. The molecular formula is C23H25ClN4O2S. The van der Waals surface area contributed by atoms with Crippen molar-refractivity contribution in [3.05, 3.63) is 76.3 Å². The van der Waals surface area contributed by atoms with E-state index in [0.29, 0.717) is 34.8 Å². The number of thiazole rings is 1. The molecular weight excluding hydrogens is 432 g/mol. The summed E-state index contributed by atoms with van der Waals surface area (Å²) in [6.07, 6.45) is 0. The number of carbonyl (C=O) groups excluding carboxylic acids is 2. The Morgan fingerprint density at radius 1 is 1.10 bits per heavy atom. The van der Waals surface area contributed by atoms with Gasteiger partial charge < -0.3 is 15.5 Å². The summed E-state index contributed by atoms with van der Waals surface area (Å²) < 4.78 is 0. The molecule has 1 aromatic heterocycles. The molecule has 2 amide bonds. The van der Waals surface area contributed by atoms with E-state index in [1.807, 2.05) is 62.4 Å². The SMILES string of the molecule is CC(C)CNC(=O)CN(Cc1ccccc1)C(=O)c1csc(Nc2ccccc2Cl)n1. The van der Waals surface area contributed by atoms with Crippen LogP contribution in [-0.4, -0.2) is 34.8 Å². The molecule has 2 N–H and O–H groups in total. The van der Waals surface area contributed by atoms with Crippen LogP contribution in [0.5, 0.6) is 0 Å². The third-order valence-corrected chi connectivity index (χ3v) is 5.47. The van der Waals surface area contributed by atoms with Gasteiger partial charge in [-0.1, -0.05) is 67.9 Å². The van der Waals surface area contributed by atoms with E-state index in [0.717, 1.165) is 5.56 Å². The average Bonchev–Trinajstić information content (AvgIpc) is 3.22. The van der Waals surface area contributed by atoms with Gasteiger partial charge in [-0.05, 0) is 23.6 Å². The van der Waals surface area contributed by atoms with Gasteiger partial charge in [-0.3, -0.25) is 9.59 Å². The van der Waals surface area contributed by atoms with Crippen molar-refractivity contribution in [1.29, 1.82) is 0 Å². The maximum Gasteiger partial charge on any atom is 0.274 e. The van der Waals surface area contributed by atoms with Crippen LogP contribution in [0, 0.1) is 5.92 Å². The largest absolute Gasteiger partial charge is 0.354 e. The van der Waals surface area contributed by atoms with Crippen molar-refractivity contribution in [2.24, 2.45) is 5.92 Å². The molecule has 162 valence electrons. The molecule has 3 rings (SSSR count). The van der Waals surface area contributed by atoms with E-state index in [1.54, 1.807) is 11.4 Å². The zero-order valence-corrected chi connectivity index (χ0v) is 19.0. The molecule has 0 saturated heterocycles. The van der Waals surface area contributed by atoms with Gasteiger partial charge in [0.15, 0.2) is 5.13 Å². The molecule has 6 nitrogen and oxygen atoms in total. The molecule has 0 spiro atoms. The number of nitrogens with one attached hydrogen (secondary N) is 2. The van der Waals surface area contributed by atoms with E-state index in [-0.39, 0.29) is 24.1 Å². The van der Waals surface area contributed by atoms with Crippen LogP contribution in [0.25, 0.3) is 0 Å². The molecule has 0 radical (unpaired) electrons. The van der Waals surface area contributed by atoms with Crippen LogP contribution < -0.4 is 10.6 Å². The lowest BCUT2D eigenvalue weighted by atomic mass is 10.2. The first-order valence-corrected chi connectivity index (χ1v) is 11.2. The number of carbonyl (C=O) groups is 2. The predicted molar refractivity (Wildman–Crippen MR) is 126 cm³/mol. The van der Waals surface area contributed by atoms with Gasteiger partial charge in [0.25, 0.3) is 5.91 Å². The molecule has 0 fully saturated rings. The number of halogens is 1. The fourth-order valence-corrected chi connectivity index (χ4v) is 3.70. The molecule has 3 aromatic rings. The molecule has 1 heterocycles. The maximum absolute atomic E-state index is 13.2. The Labute approximate surface area is 191 Å². The molecule has 31 heavy (non-hydrogen) atoms.